The molecule has 2 heterocycles. The first kappa shape index (κ1) is 19.9. The number of fused-ring (bicyclic) bond motifs is 3. The summed E-state index contributed by atoms with van der Waals surface area (Å²) in [6.45, 7) is 6.27. The van der Waals surface area contributed by atoms with Crippen LogP contribution in [0.5, 0.6) is 0 Å². The Kier molecular flexibility index (Phi) is 4.94. The van der Waals surface area contributed by atoms with Crippen LogP contribution >= 0.6 is 0 Å². The van der Waals surface area contributed by atoms with Gasteiger partial charge >= 0.3 is 5.97 Å². The van der Waals surface area contributed by atoms with Gasteiger partial charge in [0.05, 0.1) is 28.9 Å². The molecule has 0 radical (unpaired) electrons. The number of nitrogens with zero attached hydrogens (tertiary/aromatic N) is 3. The van der Waals surface area contributed by atoms with Crippen LogP contribution in [0.1, 0.15) is 28.4 Å². The molecule has 0 saturated carbocycles. The molecule has 0 N–H and O–H groups in total. The van der Waals surface area contributed by atoms with E-state index in [0.717, 1.165) is 38.8 Å². The normalized spacial score (nSPS) is 11.2. The number of ether oxygens (including phenoxy) is 1. The van der Waals surface area contributed by atoms with Crippen LogP contribution in [0.25, 0.3) is 38.8 Å². The summed E-state index contributed by atoms with van der Waals surface area (Å²) in [5, 5.41) is 6.80. The molecule has 0 spiro atoms. The standard InChI is InChI=1S/C27H23N3O2/c1-4-32-27(31)20-11-14-24-22(15-20)26-23(16-28-24)25(19-9-5-17(2)6-10-19)29-30(26)21-12-7-18(3)8-13-21/h5-16H,4H2,1-3H3. The third-order valence-electron chi connectivity index (χ3n) is 5.62. The highest BCUT2D eigenvalue weighted by Crippen LogP contribution is 2.34. The van der Waals surface area contributed by atoms with E-state index in [1.807, 2.05) is 23.0 Å². The number of rotatable bonds is 4. The fourth-order valence-corrected chi connectivity index (χ4v) is 3.92. The van der Waals surface area contributed by atoms with Gasteiger partial charge in [0.15, 0.2) is 0 Å². The molecular weight excluding hydrogens is 398 g/mol. The molecule has 0 aliphatic heterocycles. The minimum atomic E-state index is -0.341. The maximum absolute atomic E-state index is 12.4. The van der Waals surface area contributed by atoms with Crippen molar-refractivity contribution in [2.75, 3.05) is 6.61 Å². The Labute approximate surface area is 186 Å². The summed E-state index contributed by atoms with van der Waals surface area (Å²) in [5.41, 5.74) is 7.43. The highest BCUT2D eigenvalue weighted by Gasteiger charge is 2.18. The van der Waals surface area contributed by atoms with Gasteiger partial charge in [-0.3, -0.25) is 4.98 Å². The van der Waals surface area contributed by atoms with E-state index in [0.29, 0.717) is 12.2 Å². The Morgan fingerprint density at radius 3 is 2.28 bits per heavy atom. The van der Waals surface area contributed by atoms with Crippen molar-refractivity contribution >= 4 is 27.8 Å². The van der Waals surface area contributed by atoms with E-state index in [1.165, 1.54) is 11.1 Å². The molecule has 0 unspecified atom stereocenters. The molecule has 0 saturated heterocycles. The number of carbonyl (C=O) groups is 1. The van der Waals surface area contributed by atoms with Gasteiger partial charge in [0.2, 0.25) is 0 Å². The monoisotopic (exact) mass is 421 g/mol. The number of hydrogen-bond acceptors (Lipinski definition) is 4. The van der Waals surface area contributed by atoms with Gasteiger partial charge in [-0.1, -0.05) is 47.5 Å². The molecule has 0 aliphatic carbocycles. The zero-order chi connectivity index (χ0) is 22.2. The minimum Gasteiger partial charge on any atom is -0.462 e. The smallest absolute Gasteiger partial charge is 0.338 e. The Morgan fingerprint density at radius 2 is 1.59 bits per heavy atom. The van der Waals surface area contributed by atoms with Crippen LogP contribution in [0, 0.1) is 13.8 Å². The highest BCUT2D eigenvalue weighted by atomic mass is 16.5. The summed E-state index contributed by atoms with van der Waals surface area (Å²) in [5.74, 6) is -0.341. The van der Waals surface area contributed by atoms with Crippen molar-refractivity contribution in [2.24, 2.45) is 0 Å². The van der Waals surface area contributed by atoms with Crippen LogP contribution in [0.4, 0.5) is 0 Å². The Bertz CT molecular complexity index is 1450. The Morgan fingerprint density at radius 1 is 0.906 bits per heavy atom. The molecule has 5 rings (SSSR count). The van der Waals surface area contributed by atoms with Crippen LogP contribution in [0.3, 0.4) is 0 Å². The first-order valence-electron chi connectivity index (χ1n) is 10.7. The maximum Gasteiger partial charge on any atom is 0.338 e. The highest BCUT2D eigenvalue weighted by molar-refractivity contribution is 6.10. The second-order valence-electron chi connectivity index (χ2n) is 7.93. The first-order valence-corrected chi connectivity index (χ1v) is 10.7. The molecule has 0 fully saturated rings. The van der Waals surface area contributed by atoms with E-state index in [1.54, 1.807) is 13.0 Å². The zero-order valence-corrected chi connectivity index (χ0v) is 18.3. The van der Waals surface area contributed by atoms with Crippen LogP contribution in [-0.4, -0.2) is 27.3 Å². The molecule has 0 bridgehead atoms. The van der Waals surface area contributed by atoms with Crippen molar-refractivity contribution in [1.82, 2.24) is 14.8 Å². The second-order valence-corrected chi connectivity index (χ2v) is 7.93. The molecule has 0 aliphatic rings. The van der Waals surface area contributed by atoms with Crippen molar-refractivity contribution in [1.29, 1.82) is 0 Å². The van der Waals surface area contributed by atoms with Crippen molar-refractivity contribution in [3.63, 3.8) is 0 Å². The average Bonchev–Trinajstić information content (AvgIpc) is 3.20. The van der Waals surface area contributed by atoms with Gasteiger partial charge in [0.25, 0.3) is 0 Å². The van der Waals surface area contributed by atoms with E-state index in [2.05, 4.69) is 67.4 Å². The molecule has 0 atom stereocenters. The summed E-state index contributed by atoms with van der Waals surface area (Å²) >= 11 is 0. The van der Waals surface area contributed by atoms with Crippen LogP contribution in [-0.2, 0) is 4.74 Å². The largest absolute Gasteiger partial charge is 0.462 e. The quantitative estimate of drug-likeness (QED) is 0.332. The van der Waals surface area contributed by atoms with Crippen molar-refractivity contribution in [3.05, 3.63) is 89.6 Å². The van der Waals surface area contributed by atoms with Crippen LogP contribution < -0.4 is 0 Å². The number of carbonyl (C=O) groups excluding carboxylic acids is 1. The van der Waals surface area contributed by atoms with E-state index in [-0.39, 0.29) is 5.97 Å². The lowest BCUT2D eigenvalue weighted by Gasteiger charge is -2.08. The van der Waals surface area contributed by atoms with Gasteiger partial charge in [-0.2, -0.15) is 5.10 Å². The van der Waals surface area contributed by atoms with Crippen molar-refractivity contribution in [2.45, 2.75) is 20.8 Å². The fourth-order valence-electron chi connectivity index (χ4n) is 3.92. The third kappa shape index (κ3) is 3.42. The number of benzene rings is 3. The van der Waals surface area contributed by atoms with Gasteiger partial charge in [-0.25, -0.2) is 9.48 Å². The zero-order valence-electron chi connectivity index (χ0n) is 18.3. The molecule has 2 aromatic heterocycles. The Balaban J connectivity index is 1.84. The molecule has 5 heteroatoms. The summed E-state index contributed by atoms with van der Waals surface area (Å²) in [7, 11) is 0. The number of esters is 1. The lowest BCUT2D eigenvalue weighted by molar-refractivity contribution is 0.0526. The van der Waals surface area contributed by atoms with Gasteiger partial charge < -0.3 is 4.74 Å². The van der Waals surface area contributed by atoms with Gasteiger partial charge in [-0.05, 0) is 51.1 Å². The lowest BCUT2D eigenvalue weighted by atomic mass is 10.0. The minimum absolute atomic E-state index is 0.332. The molecular formula is C27H23N3O2. The van der Waals surface area contributed by atoms with Crippen molar-refractivity contribution < 1.29 is 9.53 Å². The number of hydrogen-bond donors (Lipinski definition) is 0. The molecule has 5 aromatic rings. The van der Waals surface area contributed by atoms with Gasteiger partial charge in [-0.15, -0.1) is 0 Å². The van der Waals surface area contributed by atoms with Gasteiger partial charge in [0, 0.05) is 22.5 Å². The third-order valence-corrected chi connectivity index (χ3v) is 5.62. The molecule has 3 aromatic carbocycles. The Hall–Kier alpha value is -3.99. The van der Waals surface area contributed by atoms with E-state index >= 15 is 0 Å². The number of aryl methyl sites for hydroxylation is 2. The van der Waals surface area contributed by atoms with E-state index < -0.39 is 0 Å². The van der Waals surface area contributed by atoms with Crippen LogP contribution in [0.15, 0.2) is 72.9 Å². The average molecular weight is 422 g/mol. The first-order chi connectivity index (χ1) is 15.5. The summed E-state index contributed by atoms with van der Waals surface area (Å²) < 4.78 is 7.17. The van der Waals surface area contributed by atoms with E-state index in [9.17, 15) is 4.79 Å². The molecule has 0 amide bonds. The van der Waals surface area contributed by atoms with E-state index in [4.69, 9.17) is 9.84 Å². The lowest BCUT2D eigenvalue weighted by Crippen LogP contribution is -2.04. The number of pyridine rings is 1. The summed E-state index contributed by atoms with van der Waals surface area (Å²) in [6.07, 6.45) is 1.87. The summed E-state index contributed by atoms with van der Waals surface area (Å²) in [6, 6.07) is 22.1. The SMILES string of the molecule is CCOC(=O)c1ccc2ncc3c(-c4ccc(C)cc4)nn(-c4ccc(C)cc4)c3c2c1. The molecule has 158 valence electrons. The summed E-state index contributed by atoms with van der Waals surface area (Å²) in [4.78, 5) is 17.1. The maximum atomic E-state index is 12.4. The van der Waals surface area contributed by atoms with Crippen LogP contribution in [0.2, 0.25) is 0 Å². The van der Waals surface area contributed by atoms with Crippen molar-refractivity contribution in [3.8, 4) is 16.9 Å². The molecule has 5 nitrogen and oxygen atoms in total. The fraction of sp³-hybridized carbons (Fsp3) is 0.148. The molecule has 32 heavy (non-hydrogen) atoms. The predicted molar refractivity (Wildman–Crippen MR) is 127 cm³/mol. The predicted octanol–water partition coefficient (Wildman–Crippen LogP) is 6.03. The van der Waals surface area contributed by atoms with Gasteiger partial charge in [0.1, 0.15) is 5.69 Å². The second kappa shape index (κ2) is 7.93. The topological polar surface area (TPSA) is 57.0 Å². The number of aromatic nitrogens is 3.